The fourth-order valence-corrected chi connectivity index (χ4v) is 2.61. The molecule has 102 valence electrons. The fourth-order valence-electron chi connectivity index (χ4n) is 2.24. The van der Waals surface area contributed by atoms with Crippen LogP contribution in [0.4, 0.5) is 0 Å². The summed E-state index contributed by atoms with van der Waals surface area (Å²) >= 11 is 6.08. The smallest absolute Gasteiger partial charge is 0.118 e. The maximum absolute atomic E-state index is 10.6. The largest absolute Gasteiger partial charge is 0.497 e. The molecule has 0 bridgehead atoms. The number of rotatable bonds is 4. The van der Waals surface area contributed by atoms with Crippen LogP contribution in [0.5, 0.6) is 5.75 Å². The zero-order valence-electron chi connectivity index (χ0n) is 11.2. The van der Waals surface area contributed by atoms with Gasteiger partial charge in [-0.25, -0.2) is 0 Å². The first kappa shape index (κ1) is 13.9. The SMILES string of the molecule is COc1ccc(CC(C)(O)c2c(Cl)cnn2C)cc1. The summed E-state index contributed by atoms with van der Waals surface area (Å²) in [5.74, 6) is 0.793. The first-order valence-electron chi connectivity index (χ1n) is 5.97. The summed E-state index contributed by atoms with van der Waals surface area (Å²) in [6.07, 6.45) is 2.00. The molecule has 2 aromatic rings. The number of ether oxygens (including phenoxy) is 1. The Hall–Kier alpha value is -1.52. The molecule has 0 saturated heterocycles. The van der Waals surface area contributed by atoms with Gasteiger partial charge in [0.2, 0.25) is 0 Å². The maximum Gasteiger partial charge on any atom is 0.118 e. The third kappa shape index (κ3) is 2.91. The second-order valence-corrected chi connectivity index (χ2v) is 5.17. The Morgan fingerprint density at radius 2 is 2.00 bits per heavy atom. The molecule has 0 aliphatic heterocycles. The summed E-state index contributed by atoms with van der Waals surface area (Å²) in [6.45, 7) is 1.74. The van der Waals surface area contributed by atoms with Crippen molar-refractivity contribution in [2.45, 2.75) is 18.9 Å². The van der Waals surface area contributed by atoms with Gasteiger partial charge in [-0.3, -0.25) is 4.68 Å². The predicted octanol–water partition coefficient (Wildman–Crippen LogP) is 2.53. The van der Waals surface area contributed by atoms with Crippen LogP contribution in [0, 0.1) is 0 Å². The predicted molar refractivity (Wildman–Crippen MR) is 74.5 cm³/mol. The molecular weight excluding hydrogens is 264 g/mol. The number of hydrogen-bond donors (Lipinski definition) is 1. The molecule has 4 nitrogen and oxygen atoms in total. The molecule has 0 fully saturated rings. The first-order valence-corrected chi connectivity index (χ1v) is 6.35. The molecule has 2 rings (SSSR count). The van der Waals surface area contributed by atoms with E-state index in [1.165, 1.54) is 0 Å². The van der Waals surface area contributed by atoms with Gasteiger partial charge < -0.3 is 9.84 Å². The molecule has 1 heterocycles. The molecule has 0 saturated carbocycles. The molecule has 1 unspecified atom stereocenters. The van der Waals surface area contributed by atoms with E-state index in [-0.39, 0.29) is 0 Å². The molecule has 1 aromatic carbocycles. The van der Waals surface area contributed by atoms with Crippen LogP contribution in [0.25, 0.3) is 0 Å². The number of halogens is 1. The second-order valence-electron chi connectivity index (χ2n) is 4.76. The summed E-state index contributed by atoms with van der Waals surface area (Å²) in [4.78, 5) is 0. The van der Waals surface area contributed by atoms with Crippen molar-refractivity contribution in [1.82, 2.24) is 9.78 Å². The summed E-state index contributed by atoms with van der Waals surface area (Å²) in [7, 11) is 3.39. The van der Waals surface area contributed by atoms with E-state index in [4.69, 9.17) is 16.3 Å². The lowest BCUT2D eigenvalue weighted by Crippen LogP contribution is -2.27. The topological polar surface area (TPSA) is 47.3 Å². The zero-order chi connectivity index (χ0) is 14.0. The normalized spacial score (nSPS) is 14.2. The van der Waals surface area contributed by atoms with Crippen molar-refractivity contribution in [3.63, 3.8) is 0 Å². The molecular formula is C14H17ClN2O2. The summed E-state index contributed by atoms with van der Waals surface area (Å²) in [6, 6.07) is 7.60. The highest BCUT2D eigenvalue weighted by atomic mass is 35.5. The third-order valence-electron chi connectivity index (χ3n) is 3.11. The summed E-state index contributed by atoms with van der Waals surface area (Å²) < 4.78 is 6.72. The van der Waals surface area contributed by atoms with Gasteiger partial charge in [-0.15, -0.1) is 0 Å². The van der Waals surface area contributed by atoms with Gasteiger partial charge in [-0.1, -0.05) is 23.7 Å². The molecule has 19 heavy (non-hydrogen) atoms. The van der Waals surface area contributed by atoms with Crippen LogP contribution in [0.1, 0.15) is 18.2 Å². The molecule has 1 aromatic heterocycles. The molecule has 0 aliphatic rings. The standard InChI is InChI=1S/C14H17ClN2O2/c1-14(18,13-12(15)9-16-17(13)2)8-10-4-6-11(19-3)7-5-10/h4-7,9,18H,8H2,1-3H3. The molecule has 0 amide bonds. The van der Waals surface area contributed by atoms with Crippen molar-refractivity contribution in [3.8, 4) is 5.75 Å². The van der Waals surface area contributed by atoms with Crippen LogP contribution < -0.4 is 4.74 Å². The van der Waals surface area contributed by atoms with E-state index < -0.39 is 5.60 Å². The lowest BCUT2D eigenvalue weighted by molar-refractivity contribution is 0.0491. The average molecular weight is 281 g/mol. The van der Waals surface area contributed by atoms with Gasteiger partial charge >= 0.3 is 0 Å². The molecule has 5 heteroatoms. The number of aliphatic hydroxyl groups is 1. The lowest BCUT2D eigenvalue weighted by atomic mass is 9.93. The number of nitrogens with zero attached hydrogens (tertiary/aromatic N) is 2. The van der Waals surface area contributed by atoms with Crippen LogP contribution in [-0.2, 0) is 19.1 Å². The lowest BCUT2D eigenvalue weighted by Gasteiger charge is -2.24. The number of hydrogen-bond acceptors (Lipinski definition) is 3. The van der Waals surface area contributed by atoms with Gasteiger partial charge in [0.05, 0.1) is 24.0 Å². The minimum absolute atomic E-state index is 0.455. The monoisotopic (exact) mass is 280 g/mol. The summed E-state index contributed by atoms with van der Waals surface area (Å²) in [5.41, 5.74) is 0.546. The van der Waals surface area contributed by atoms with Crippen molar-refractivity contribution >= 4 is 11.6 Å². The van der Waals surface area contributed by atoms with Crippen molar-refractivity contribution < 1.29 is 9.84 Å². The Bertz CT molecular complexity index is 542. The van der Waals surface area contributed by atoms with Crippen molar-refractivity contribution in [3.05, 3.63) is 46.7 Å². The van der Waals surface area contributed by atoms with Gasteiger partial charge in [0.25, 0.3) is 0 Å². The van der Waals surface area contributed by atoms with E-state index in [0.29, 0.717) is 17.1 Å². The first-order chi connectivity index (χ1) is 8.94. The minimum atomic E-state index is -1.07. The Morgan fingerprint density at radius 3 is 2.47 bits per heavy atom. The van der Waals surface area contributed by atoms with Crippen molar-refractivity contribution in [2.75, 3.05) is 7.11 Å². The molecule has 0 radical (unpaired) electrons. The number of aryl methyl sites for hydroxylation is 1. The third-order valence-corrected chi connectivity index (χ3v) is 3.39. The maximum atomic E-state index is 10.6. The van der Waals surface area contributed by atoms with E-state index in [2.05, 4.69) is 5.10 Å². The van der Waals surface area contributed by atoms with E-state index in [1.54, 1.807) is 32.0 Å². The zero-order valence-corrected chi connectivity index (χ0v) is 12.0. The highest BCUT2D eigenvalue weighted by molar-refractivity contribution is 6.31. The van der Waals surface area contributed by atoms with E-state index >= 15 is 0 Å². The molecule has 0 aliphatic carbocycles. The highest BCUT2D eigenvalue weighted by Crippen LogP contribution is 2.30. The van der Waals surface area contributed by atoms with Gasteiger partial charge in [-0.05, 0) is 24.6 Å². The van der Waals surface area contributed by atoms with Crippen LogP contribution in [-0.4, -0.2) is 22.0 Å². The molecule has 0 spiro atoms. The van der Waals surface area contributed by atoms with Gasteiger partial charge in [-0.2, -0.15) is 5.10 Å². The number of methoxy groups -OCH3 is 1. The van der Waals surface area contributed by atoms with Crippen LogP contribution in [0.15, 0.2) is 30.5 Å². The Kier molecular flexibility index (Phi) is 3.83. The minimum Gasteiger partial charge on any atom is -0.497 e. The van der Waals surface area contributed by atoms with E-state index in [9.17, 15) is 5.11 Å². The molecule has 1 atom stereocenters. The van der Waals surface area contributed by atoms with E-state index in [1.807, 2.05) is 24.3 Å². The Labute approximate surface area is 117 Å². The van der Waals surface area contributed by atoms with Gasteiger partial charge in [0, 0.05) is 13.5 Å². The number of aromatic nitrogens is 2. The highest BCUT2D eigenvalue weighted by Gasteiger charge is 2.29. The van der Waals surface area contributed by atoms with Gasteiger partial charge in [0.1, 0.15) is 11.4 Å². The molecule has 1 N–H and O–H groups in total. The number of benzene rings is 1. The van der Waals surface area contributed by atoms with Crippen molar-refractivity contribution in [2.24, 2.45) is 7.05 Å². The Balaban J connectivity index is 2.25. The van der Waals surface area contributed by atoms with Crippen LogP contribution in [0.3, 0.4) is 0 Å². The van der Waals surface area contributed by atoms with Crippen molar-refractivity contribution in [1.29, 1.82) is 0 Å². The Morgan fingerprint density at radius 1 is 1.37 bits per heavy atom. The van der Waals surface area contributed by atoms with E-state index in [0.717, 1.165) is 11.3 Å². The fraction of sp³-hybridized carbons (Fsp3) is 0.357. The van der Waals surface area contributed by atoms with Gasteiger partial charge in [0.15, 0.2) is 0 Å². The van der Waals surface area contributed by atoms with Crippen LogP contribution in [0.2, 0.25) is 5.02 Å². The second kappa shape index (κ2) is 5.23. The van der Waals surface area contributed by atoms with Crippen LogP contribution >= 0.6 is 11.6 Å². The quantitative estimate of drug-likeness (QED) is 0.936. The summed E-state index contributed by atoms with van der Waals surface area (Å²) in [5, 5.41) is 15.2. The average Bonchev–Trinajstić information content (AvgIpc) is 2.70.